The SMILES string of the molecule is Cc1ccc2nc(COc3cccc(C(=O)Nc4ccc(S(=O)(=O)N(C)C)cc4)c3)cn2c1. The average Bonchev–Trinajstić information content (AvgIpc) is 3.20. The molecule has 8 nitrogen and oxygen atoms in total. The number of hydrogen-bond donors (Lipinski definition) is 1. The Morgan fingerprint density at radius 2 is 1.82 bits per heavy atom. The van der Waals surface area contributed by atoms with Crippen LogP contribution in [-0.2, 0) is 16.6 Å². The number of pyridine rings is 1. The van der Waals surface area contributed by atoms with Crippen LogP contribution in [0.2, 0.25) is 0 Å². The number of anilines is 1. The van der Waals surface area contributed by atoms with Crippen molar-refractivity contribution < 1.29 is 17.9 Å². The Labute approximate surface area is 192 Å². The molecule has 9 heteroatoms. The number of nitrogens with one attached hydrogen (secondary N) is 1. The molecule has 4 aromatic rings. The monoisotopic (exact) mass is 464 g/mol. The van der Waals surface area contributed by atoms with Crippen molar-refractivity contribution in [2.24, 2.45) is 0 Å². The van der Waals surface area contributed by atoms with Crippen LogP contribution < -0.4 is 10.1 Å². The van der Waals surface area contributed by atoms with Gasteiger partial charge in [-0.1, -0.05) is 12.1 Å². The Bertz CT molecular complexity index is 1410. The zero-order valence-electron chi connectivity index (χ0n) is 18.5. The van der Waals surface area contributed by atoms with Crippen molar-refractivity contribution in [2.75, 3.05) is 19.4 Å². The lowest BCUT2D eigenvalue weighted by Crippen LogP contribution is -2.22. The third kappa shape index (κ3) is 5.05. The number of amides is 1. The summed E-state index contributed by atoms with van der Waals surface area (Å²) in [5.74, 6) is 0.218. The maximum absolute atomic E-state index is 12.7. The van der Waals surface area contributed by atoms with Crippen LogP contribution in [0.5, 0.6) is 5.75 Å². The van der Waals surface area contributed by atoms with E-state index in [1.54, 1.807) is 36.4 Å². The lowest BCUT2D eigenvalue weighted by Gasteiger charge is -2.12. The number of benzene rings is 2. The van der Waals surface area contributed by atoms with E-state index in [2.05, 4.69) is 10.3 Å². The molecule has 0 saturated carbocycles. The first-order valence-electron chi connectivity index (χ1n) is 10.2. The summed E-state index contributed by atoms with van der Waals surface area (Å²) in [6, 6.07) is 16.8. The van der Waals surface area contributed by atoms with Gasteiger partial charge in [-0.2, -0.15) is 0 Å². The summed E-state index contributed by atoms with van der Waals surface area (Å²) in [5, 5.41) is 2.77. The maximum atomic E-state index is 12.7. The molecule has 0 aliphatic heterocycles. The Hall–Kier alpha value is -3.69. The number of aromatic nitrogens is 2. The number of carbonyl (C=O) groups is 1. The van der Waals surface area contributed by atoms with Crippen molar-refractivity contribution in [3.8, 4) is 5.75 Å². The molecule has 0 aliphatic carbocycles. The van der Waals surface area contributed by atoms with Gasteiger partial charge in [-0.25, -0.2) is 17.7 Å². The zero-order chi connectivity index (χ0) is 23.6. The van der Waals surface area contributed by atoms with Crippen molar-refractivity contribution in [3.05, 3.63) is 89.9 Å². The van der Waals surface area contributed by atoms with E-state index in [0.29, 0.717) is 17.0 Å². The van der Waals surface area contributed by atoms with E-state index in [1.165, 1.54) is 26.2 Å². The van der Waals surface area contributed by atoms with Gasteiger partial charge in [0, 0.05) is 37.7 Å². The summed E-state index contributed by atoms with van der Waals surface area (Å²) < 4.78 is 33.3. The Morgan fingerprint density at radius 1 is 1.06 bits per heavy atom. The highest BCUT2D eigenvalue weighted by molar-refractivity contribution is 7.89. The standard InChI is InChI=1S/C24H24N4O4S/c1-17-7-12-23-25-20(15-28(23)14-17)16-32-21-6-4-5-18(13-21)24(29)26-19-8-10-22(11-9-19)33(30,31)27(2)3/h4-15H,16H2,1-3H3,(H,26,29). The molecular formula is C24H24N4O4S. The van der Waals surface area contributed by atoms with Gasteiger partial charge in [-0.05, 0) is 61.0 Å². The lowest BCUT2D eigenvalue weighted by atomic mass is 10.2. The number of ether oxygens (including phenoxy) is 1. The van der Waals surface area contributed by atoms with Crippen LogP contribution in [0.3, 0.4) is 0 Å². The smallest absolute Gasteiger partial charge is 0.255 e. The quantitative estimate of drug-likeness (QED) is 0.450. The molecule has 2 aromatic heterocycles. The van der Waals surface area contributed by atoms with Gasteiger partial charge in [-0.3, -0.25) is 4.79 Å². The lowest BCUT2D eigenvalue weighted by molar-refractivity contribution is 0.102. The summed E-state index contributed by atoms with van der Waals surface area (Å²) in [6.45, 7) is 2.29. The Kier molecular flexibility index (Phi) is 6.17. The van der Waals surface area contributed by atoms with E-state index in [1.807, 2.05) is 35.9 Å². The molecule has 0 saturated heterocycles. The van der Waals surface area contributed by atoms with E-state index in [-0.39, 0.29) is 17.4 Å². The van der Waals surface area contributed by atoms with Gasteiger partial charge in [0.1, 0.15) is 18.0 Å². The summed E-state index contributed by atoms with van der Waals surface area (Å²) in [4.78, 5) is 17.4. The van der Waals surface area contributed by atoms with Gasteiger partial charge in [0.2, 0.25) is 10.0 Å². The van der Waals surface area contributed by atoms with E-state index < -0.39 is 10.0 Å². The molecule has 0 spiro atoms. The Balaban J connectivity index is 1.42. The molecule has 1 N–H and O–H groups in total. The second kappa shape index (κ2) is 9.05. The molecule has 33 heavy (non-hydrogen) atoms. The highest BCUT2D eigenvalue weighted by Crippen LogP contribution is 2.19. The largest absolute Gasteiger partial charge is 0.487 e. The molecular weight excluding hydrogens is 440 g/mol. The fourth-order valence-corrected chi connectivity index (χ4v) is 4.14. The first-order chi connectivity index (χ1) is 15.7. The van der Waals surface area contributed by atoms with E-state index in [0.717, 1.165) is 21.2 Å². The summed E-state index contributed by atoms with van der Waals surface area (Å²) in [5.41, 5.74) is 3.67. The maximum Gasteiger partial charge on any atom is 0.255 e. The van der Waals surface area contributed by atoms with Gasteiger partial charge in [-0.15, -0.1) is 0 Å². The molecule has 170 valence electrons. The fraction of sp³-hybridized carbons (Fsp3) is 0.167. The van der Waals surface area contributed by atoms with Gasteiger partial charge in [0.05, 0.1) is 10.6 Å². The van der Waals surface area contributed by atoms with Gasteiger partial charge >= 0.3 is 0 Å². The molecule has 2 aromatic carbocycles. The second-order valence-electron chi connectivity index (χ2n) is 7.79. The topological polar surface area (TPSA) is 93.0 Å². The molecule has 0 radical (unpaired) electrons. The van der Waals surface area contributed by atoms with Crippen molar-refractivity contribution in [3.63, 3.8) is 0 Å². The molecule has 0 bridgehead atoms. The number of nitrogens with zero attached hydrogens (tertiary/aromatic N) is 3. The summed E-state index contributed by atoms with van der Waals surface area (Å²) in [7, 11) is -0.586. The number of hydrogen-bond acceptors (Lipinski definition) is 5. The Morgan fingerprint density at radius 3 is 2.55 bits per heavy atom. The molecule has 4 rings (SSSR count). The molecule has 0 atom stereocenters. The predicted molar refractivity (Wildman–Crippen MR) is 126 cm³/mol. The zero-order valence-corrected chi connectivity index (χ0v) is 19.3. The van der Waals surface area contributed by atoms with Crippen molar-refractivity contribution in [1.82, 2.24) is 13.7 Å². The van der Waals surface area contributed by atoms with E-state index >= 15 is 0 Å². The van der Waals surface area contributed by atoms with Gasteiger partial charge in [0.25, 0.3) is 5.91 Å². The third-order valence-corrected chi connectivity index (χ3v) is 6.85. The summed E-state index contributed by atoms with van der Waals surface area (Å²) >= 11 is 0. The highest BCUT2D eigenvalue weighted by Gasteiger charge is 2.17. The number of sulfonamides is 1. The van der Waals surface area contributed by atoms with Crippen molar-refractivity contribution >= 4 is 27.3 Å². The van der Waals surface area contributed by atoms with Gasteiger partial charge < -0.3 is 14.5 Å². The third-order valence-electron chi connectivity index (χ3n) is 5.02. The van der Waals surface area contributed by atoms with Gasteiger partial charge in [0.15, 0.2) is 0 Å². The highest BCUT2D eigenvalue weighted by atomic mass is 32.2. The van der Waals surface area contributed by atoms with Crippen LogP contribution in [-0.4, -0.2) is 42.1 Å². The minimum absolute atomic E-state index is 0.156. The average molecular weight is 465 g/mol. The molecule has 1 amide bonds. The minimum Gasteiger partial charge on any atom is -0.487 e. The van der Waals surface area contributed by atoms with Crippen LogP contribution in [0.15, 0.2) is 78.0 Å². The number of aryl methyl sites for hydroxylation is 1. The second-order valence-corrected chi connectivity index (χ2v) is 9.94. The molecule has 0 fully saturated rings. The molecule has 0 unspecified atom stereocenters. The minimum atomic E-state index is -3.52. The van der Waals surface area contributed by atoms with Crippen LogP contribution in [0.1, 0.15) is 21.6 Å². The normalized spacial score (nSPS) is 11.6. The van der Waals surface area contributed by atoms with Crippen LogP contribution >= 0.6 is 0 Å². The first-order valence-corrected chi connectivity index (χ1v) is 11.7. The number of fused-ring (bicyclic) bond motifs is 1. The van der Waals surface area contributed by atoms with Crippen LogP contribution in [0.4, 0.5) is 5.69 Å². The summed E-state index contributed by atoms with van der Waals surface area (Å²) in [6.07, 6.45) is 3.91. The number of imidazole rings is 1. The first kappa shape index (κ1) is 22.5. The predicted octanol–water partition coefficient (Wildman–Crippen LogP) is 3.72. The van der Waals surface area contributed by atoms with E-state index in [4.69, 9.17) is 4.74 Å². The fourth-order valence-electron chi connectivity index (χ4n) is 3.23. The number of carbonyl (C=O) groups excluding carboxylic acids is 1. The van der Waals surface area contributed by atoms with Crippen molar-refractivity contribution in [1.29, 1.82) is 0 Å². The van der Waals surface area contributed by atoms with Crippen LogP contribution in [0.25, 0.3) is 5.65 Å². The molecule has 2 heterocycles. The molecule has 0 aliphatic rings. The van der Waals surface area contributed by atoms with Crippen molar-refractivity contribution in [2.45, 2.75) is 18.4 Å². The van der Waals surface area contributed by atoms with Crippen LogP contribution in [0, 0.1) is 6.92 Å². The number of rotatable bonds is 7. The van der Waals surface area contributed by atoms with E-state index in [9.17, 15) is 13.2 Å².